The van der Waals surface area contributed by atoms with Crippen LogP contribution in [0.2, 0.25) is 15.1 Å². The molecule has 0 aliphatic heterocycles. The quantitative estimate of drug-likeness (QED) is 0.591. The second kappa shape index (κ2) is 6.44. The van der Waals surface area contributed by atoms with Crippen LogP contribution in [0.1, 0.15) is 22.1 Å². The highest BCUT2D eigenvalue weighted by atomic mass is 35.5. The normalized spacial score (nSPS) is 12.3. The second-order valence-corrected chi connectivity index (χ2v) is 6.12. The molecule has 2 rings (SSSR count). The van der Waals surface area contributed by atoms with Gasteiger partial charge in [0.25, 0.3) is 0 Å². The molecule has 0 fully saturated rings. The van der Waals surface area contributed by atoms with Gasteiger partial charge in [-0.3, -0.25) is 0 Å². The van der Waals surface area contributed by atoms with E-state index in [0.29, 0.717) is 20.8 Å². The summed E-state index contributed by atoms with van der Waals surface area (Å²) in [6.45, 7) is 1.96. The average molecular weight is 350 g/mol. The van der Waals surface area contributed by atoms with E-state index in [-0.39, 0.29) is 0 Å². The average Bonchev–Trinajstić information content (AvgIpc) is 2.39. The molecule has 2 aromatic carbocycles. The number of aryl methyl sites for hydroxylation is 1. The Morgan fingerprint density at radius 2 is 1.65 bits per heavy atom. The van der Waals surface area contributed by atoms with Crippen molar-refractivity contribution in [2.24, 2.45) is 0 Å². The third-order valence-electron chi connectivity index (χ3n) is 2.90. The third kappa shape index (κ3) is 3.35. The van der Waals surface area contributed by atoms with Crippen molar-refractivity contribution in [2.75, 3.05) is 7.11 Å². The SMILES string of the molecule is COc1cc(Cl)c(C(Cl)c2cc(C)cc(Cl)c2)cc1Cl. The smallest absolute Gasteiger partial charge is 0.138 e. The molecule has 1 atom stereocenters. The molecule has 106 valence electrons. The molecule has 0 aliphatic carbocycles. The van der Waals surface area contributed by atoms with Crippen LogP contribution in [0.4, 0.5) is 0 Å². The van der Waals surface area contributed by atoms with Crippen molar-refractivity contribution in [3.05, 3.63) is 62.1 Å². The zero-order valence-corrected chi connectivity index (χ0v) is 13.9. The number of hydrogen-bond donors (Lipinski definition) is 0. The first-order valence-electron chi connectivity index (χ1n) is 5.86. The summed E-state index contributed by atoms with van der Waals surface area (Å²) >= 11 is 24.9. The van der Waals surface area contributed by atoms with Gasteiger partial charge >= 0.3 is 0 Å². The van der Waals surface area contributed by atoms with E-state index in [9.17, 15) is 0 Å². The van der Waals surface area contributed by atoms with Crippen LogP contribution < -0.4 is 4.74 Å². The van der Waals surface area contributed by atoms with E-state index >= 15 is 0 Å². The highest BCUT2D eigenvalue weighted by molar-refractivity contribution is 6.36. The summed E-state index contributed by atoms with van der Waals surface area (Å²) in [5, 5.41) is 1.19. The van der Waals surface area contributed by atoms with Crippen LogP contribution in [0.3, 0.4) is 0 Å². The summed E-state index contributed by atoms with van der Waals surface area (Å²) in [6.07, 6.45) is 0. The number of benzene rings is 2. The van der Waals surface area contributed by atoms with Crippen LogP contribution in [0.25, 0.3) is 0 Å². The van der Waals surface area contributed by atoms with Crippen molar-refractivity contribution >= 4 is 46.4 Å². The van der Waals surface area contributed by atoms with Gasteiger partial charge in [0, 0.05) is 16.1 Å². The first kappa shape index (κ1) is 15.8. The van der Waals surface area contributed by atoms with Gasteiger partial charge in [-0.2, -0.15) is 0 Å². The van der Waals surface area contributed by atoms with E-state index < -0.39 is 5.38 Å². The summed E-state index contributed by atoms with van der Waals surface area (Å²) in [5.41, 5.74) is 2.63. The lowest BCUT2D eigenvalue weighted by molar-refractivity contribution is 0.415. The van der Waals surface area contributed by atoms with Gasteiger partial charge in [-0.25, -0.2) is 0 Å². The van der Waals surface area contributed by atoms with Gasteiger partial charge in [-0.1, -0.05) is 40.9 Å². The number of hydrogen-bond acceptors (Lipinski definition) is 1. The van der Waals surface area contributed by atoms with Crippen molar-refractivity contribution in [2.45, 2.75) is 12.3 Å². The standard InChI is InChI=1S/C15H12Cl4O/c1-8-3-9(5-10(16)4-8)15(19)11-6-13(18)14(20-2)7-12(11)17/h3-7,15H,1-2H3. The predicted molar refractivity (Wildman–Crippen MR) is 86.9 cm³/mol. The molecule has 1 nitrogen and oxygen atoms in total. The van der Waals surface area contributed by atoms with Gasteiger partial charge in [0.15, 0.2) is 0 Å². The molecule has 20 heavy (non-hydrogen) atoms. The highest BCUT2D eigenvalue weighted by Crippen LogP contribution is 2.39. The Kier molecular flexibility index (Phi) is 5.09. The van der Waals surface area contributed by atoms with Gasteiger partial charge in [0.05, 0.1) is 17.5 Å². The molecule has 0 amide bonds. The van der Waals surface area contributed by atoms with Crippen LogP contribution in [-0.4, -0.2) is 7.11 Å². The van der Waals surface area contributed by atoms with Crippen molar-refractivity contribution in [1.82, 2.24) is 0 Å². The fourth-order valence-electron chi connectivity index (χ4n) is 1.99. The van der Waals surface area contributed by atoms with E-state index in [0.717, 1.165) is 16.7 Å². The van der Waals surface area contributed by atoms with Crippen LogP contribution in [0, 0.1) is 6.92 Å². The maximum Gasteiger partial charge on any atom is 0.138 e. The van der Waals surface area contributed by atoms with Crippen molar-refractivity contribution in [3.63, 3.8) is 0 Å². The molecule has 0 N–H and O–H groups in total. The molecule has 0 aliphatic rings. The minimum atomic E-state index is -0.427. The van der Waals surface area contributed by atoms with Gasteiger partial charge < -0.3 is 4.74 Å². The van der Waals surface area contributed by atoms with E-state index in [1.54, 1.807) is 12.1 Å². The van der Waals surface area contributed by atoms with Gasteiger partial charge in [0.1, 0.15) is 5.75 Å². The zero-order valence-electron chi connectivity index (χ0n) is 10.9. The van der Waals surface area contributed by atoms with Crippen molar-refractivity contribution in [1.29, 1.82) is 0 Å². The topological polar surface area (TPSA) is 9.23 Å². The molecular weight excluding hydrogens is 338 g/mol. The Morgan fingerprint density at radius 1 is 0.950 bits per heavy atom. The Labute approximate surface area is 138 Å². The fourth-order valence-corrected chi connectivity index (χ4v) is 3.16. The highest BCUT2D eigenvalue weighted by Gasteiger charge is 2.18. The number of rotatable bonds is 3. The first-order valence-corrected chi connectivity index (χ1v) is 7.43. The predicted octanol–water partition coefficient (Wildman–Crippen LogP) is 6.29. The molecule has 0 saturated heterocycles. The molecule has 0 heterocycles. The van der Waals surface area contributed by atoms with Crippen molar-refractivity contribution in [3.8, 4) is 5.75 Å². The Morgan fingerprint density at radius 3 is 2.25 bits per heavy atom. The molecule has 5 heteroatoms. The van der Waals surface area contributed by atoms with Crippen LogP contribution in [-0.2, 0) is 0 Å². The molecule has 1 unspecified atom stereocenters. The first-order chi connectivity index (χ1) is 9.42. The zero-order chi connectivity index (χ0) is 14.9. The lowest BCUT2D eigenvalue weighted by atomic mass is 10.0. The monoisotopic (exact) mass is 348 g/mol. The van der Waals surface area contributed by atoms with Crippen LogP contribution >= 0.6 is 46.4 Å². The van der Waals surface area contributed by atoms with Crippen LogP contribution in [0.5, 0.6) is 5.75 Å². The lowest BCUT2D eigenvalue weighted by Crippen LogP contribution is -1.97. The molecule has 0 saturated carbocycles. The lowest BCUT2D eigenvalue weighted by Gasteiger charge is -2.15. The summed E-state index contributed by atoms with van der Waals surface area (Å²) in [4.78, 5) is 0. The number of alkyl halides is 1. The van der Waals surface area contributed by atoms with Gasteiger partial charge in [0.2, 0.25) is 0 Å². The summed E-state index contributed by atoms with van der Waals surface area (Å²) in [6, 6.07) is 9.04. The van der Waals surface area contributed by atoms with E-state index in [4.69, 9.17) is 51.1 Å². The van der Waals surface area contributed by atoms with E-state index in [1.807, 2.05) is 25.1 Å². The maximum atomic E-state index is 6.51. The molecule has 0 aromatic heterocycles. The second-order valence-electron chi connectivity index (χ2n) is 4.43. The minimum Gasteiger partial charge on any atom is -0.495 e. The Hall–Kier alpha value is -0.600. The molecular formula is C15H12Cl4O. The number of methoxy groups -OCH3 is 1. The summed E-state index contributed by atoms with van der Waals surface area (Å²) in [5.74, 6) is 0.520. The number of halogens is 4. The van der Waals surface area contributed by atoms with Gasteiger partial charge in [-0.15, -0.1) is 11.6 Å². The molecule has 0 spiro atoms. The Balaban J connectivity index is 2.47. The summed E-state index contributed by atoms with van der Waals surface area (Å²) < 4.78 is 5.12. The largest absolute Gasteiger partial charge is 0.495 e. The minimum absolute atomic E-state index is 0.427. The third-order valence-corrected chi connectivity index (χ3v) is 4.23. The molecule has 0 bridgehead atoms. The van der Waals surface area contributed by atoms with E-state index in [2.05, 4.69) is 0 Å². The summed E-state index contributed by atoms with van der Waals surface area (Å²) in [7, 11) is 1.54. The van der Waals surface area contributed by atoms with E-state index in [1.165, 1.54) is 7.11 Å². The fraction of sp³-hybridized carbons (Fsp3) is 0.200. The molecule has 2 aromatic rings. The molecule has 0 radical (unpaired) electrons. The maximum absolute atomic E-state index is 6.51. The Bertz CT molecular complexity index is 620. The van der Waals surface area contributed by atoms with Crippen LogP contribution in [0.15, 0.2) is 30.3 Å². The van der Waals surface area contributed by atoms with Crippen molar-refractivity contribution < 1.29 is 4.74 Å². The van der Waals surface area contributed by atoms with Gasteiger partial charge in [-0.05, 0) is 41.8 Å². The number of ether oxygens (including phenoxy) is 1.